The van der Waals surface area contributed by atoms with E-state index in [0.717, 1.165) is 36.1 Å². The van der Waals surface area contributed by atoms with E-state index in [4.69, 9.17) is 0 Å². The van der Waals surface area contributed by atoms with Crippen LogP contribution in [0.3, 0.4) is 0 Å². The van der Waals surface area contributed by atoms with Crippen LogP contribution in [0, 0.1) is 35.5 Å². The Hall–Kier alpha value is -0.570. The predicted molar refractivity (Wildman–Crippen MR) is 81.6 cm³/mol. The first-order valence-corrected chi connectivity index (χ1v) is 9.31. The Morgan fingerprint density at radius 1 is 0.905 bits per heavy atom. The van der Waals surface area contributed by atoms with E-state index >= 15 is 0 Å². The van der Waals surface area contributed by atoms with Crippen LogP contribution in [0.25, 0.3) is 0 Å². The fraction of sp³-hybridized carbons (Fsp3) is 0.944. The van der Waals surface area contributed by atoms with Gasteiger partial charge in [-0.3, -0.25) is 4.79 Å². The fourth-order valence-electron chi connectivity index (χ4n) is 6.89. The number of hydrogen-bond acceptors (Lipinski definition) is 2. The molecule has 3 unspecified atom stereocenters. The zero-order valence-electron chi connectivity index (χ0n) is 12.9. The second-order valence-electron chi connectivity index (χ2n) is 8.71. The van der Waals surface area contributed by atoms with Gasteiger partial charge in [-0.2, -0.15) is 0 Å². The number of hydrogen-bond donors (Lipinski definition) is 2. The van der Waals surface area contributed by atoms with Crippen molar-refractivity contribution in [3.8, 4) is 0 Å². The standard InChI is InChI=1S/C18H28N2O/c21-18(17-15-3-1-2-12(15)9-19-17)20-16-13-5-10-4-11(7-13)8-14(16)6-10/h10-17,19H,1-9H2,(H,20,21). The van der Waals surface area contributed by atoms with Gasteiger partial charge < -0.3 is 10.6 Å². The van der Waals surface area contributed by atoms with Gasteiger partial charge in [0, 0.05) is 6.04 Å². The molecule has 116 valence electrons. The van der Waals surface area contributed by atoms with Crippen molar-refractivity contribution in [2.75, 3.05) is 6.54 Å². The van der Waals surface area contributed by atoms with Crippen LogP contribution in [0.4, 0.5) is 0 Å². The molecule has 5 aliphatic carbocycles. The van der Waals surface area contributed by atoms with E-state index in [1.165, 1.54) is 51.4 Å². The second-order valence-corrected chi connectivity index (χ2v) is 8.71. The summed E-state index contributed by atoms with van der Waals surface area (Å²) in [6, 6.07) is 0.627. The summed E-state index contributed by atoms with van der Waals surface area (Å²) >= 11 is 0. The van der Waals surface area contributed by atoms with E-state index in [2.05, 4.69) is 10.6 Å². The summed E-state index contributed by atoms with van der Waals surface area (Å²) in [5, 5.41) is 7.03. The Balaban J connectivity index is 1.28. The van der Waals surface area contributed by atoms with Crippen molar-refractivity contribution < 1.29 is 4.79 Å². The van der Waals surface area contributed by atoms with Crippen LogP contribution in [0.5, 0.6) is 0 Å². The molecule has 3 heteroatoms. The summed E-state index contributed by atoms with van der Waals surface area (Å²) in [5.74, 6) is 5.31. The van der Waals surface area contributed by atoms with Crippen LogP contribution in [-0.4, -0.2) is 24.5 Å². The molecule has 6 aliphatic rings. The lowest BCUT2D eigenvalue weighted by Gasteiger charge is -2.54. The van der Waals surface area contributed by atoms with Gasteiger partial charge in [-0.25, -0.2) is 0 Å². The molecule has 21 heavy (non-hydrogen) atoms. The summed E-state index contributed by atoms with van der Waals surface area (Å²) in [4.78, 5) is 12.8. The molecule has 0 spiro atoms. The average molecular weight is 288 g/mol. The molecule has 3 atom stereocenters. The maximum Gasteiger partial charge on any atom is 0.237 e. The highest BCUT2D eigenvalue weighted by molar-refractivity contribution is 5.83. The molecule has 6 fully saturated rings. The summed E-state index contributed by atoms with van der Waals surface area (Å²) in [6.07, 6.45) is 11.0. The lowest BCUT2D eigenvalue weighted by atomic mass is 9.54. The summed E-state index contributed by atoms with van der Waals surface area (Å²) in [7, 11) is 0. The highest BCUT2D eigenvalue weighted by Crippen LogP contribution is 2.53. The third kappa shape index (κ3) is 1.99. The number of carbonyl (C=O) groups is 1. The molecule has 2 N–H and O–H groups in total. The lowest BCUT2D eigenvalue weighted by Crippen LogP contribution is -2.58. The zero-order valence-corrected chi connectivity index (χ0v) is 12.9. The molecule has 4 bridgehead atoms. The first-order valence-electron chi connectivity index (χ1n) is 9.31. The van der Waals surface area contributed by atoms with Crippen LogP contribution < -0.4 is 10.6 Å². The second kappa shape index (κ2) is 4.71. The van der Waals surface area contributed by atoms with Crippen molar-refractivity contribution in [3.05, 3.63) is 0 Å². The third-order valence-electron chi connectivity index (χ3n) is 7.56. The van der Waals surface area contributed by atoms with Gasteiger partial charge in [-0.05, 0) is 87.0 Å². The summed E-state index contributed by atoms with van der Waals surface area (Å²) < 4.78 is 0. The largest absolute Gasteiger partial charge is 0.351 e. The van der Waals surface area contributed by atoms with Crippen molar-refractivity contribution >= 4 is 5.91 Å². The van der Waals surface area contributed by atoms with Gasteiger partial charge in [0.15, 0.2) is 0 Å². The van der Waals surface area contributed by atoms with Crippen molar-refractivity contribution in [1.29, 1.82) is 0 Å². The normalized spacial score (nSPS) is 53.9. The minimum Gasteiger partial charge on any atom is -0.351 e. The Labute approximate surface area is 127 Å². The monoisotopic (exact) mass is 288 g/mol. The molecular formula is C18H28N2O. The summed E-state index contributed by atoms with van der Waals surface area (Å²) in [5.41, 5.74) is 0. The predicted octanol–water partition coefficient (Wildman–Crippen LogP) is 2.32. The molecule has 1 amide bonds. The van der Waals surface area contributed by atoms with Crippen LogP contribution in [0.2, 0.25) is 0 Å². The van der Waals surface area contributed by atoms with Crippen LogP contribution in [0.15, 0.2) is 0 Å². The van der Waals surface area contributed by atoms with E-state index in [1.54, 1.807) is 0 Å². The van der Waals surface area contributed by atoms with Crippen molar-refractivity contribution in [2.24, 2.45) is 35.5 Å². The minimum absolute atomic E-state index is 0.120. The van der Waals surface area contributed by atoms with Crippen LogP contribution >= 0.6 is 0 Å². The lowest BCUT2D eigenvalue weighted by molar-refractivity contribution is -0.127. The fourth-order valence-corrected chi connectivity index (χ4v) is 6.89. The van der Waals surface area contributed by atoms with E-state index < -0.39 is 0 Å². The molecular weight excluding hydrogens is 260 g/mol. The zero-order chi connectivity index (χ0) is 14.0. The Morgan fingerprint density at radius 2 is 1.62 bits per heavy atom. The first-order chi connectivity index (χ1) is 10.3. The smallest absolute Gasteiger partial charge is 0.237 e. The van der Waals surface area contributed by atoms with Crippen molar-refractivity contribution in [1.82, 2.24) is 10.6 Å². The van der Waals surface area contributed by atoms with Gasteiger partial charge in [0.05, 0.1) is 6.04 Å². The molecule has 0 aromatic carbocycles. The van der Waals surface area contributed by atoms with Gasteiger partial charge in [0.2, 0.25) is 5.91 Å². The molecule has 3 nitrogen and oxygen atoms in total. The molecule has 0 aromatic rings. The Bertz CT molecular complexity index is 420. The molecule has 0 radical (unpaired) electrons. The molecule has 1 saturated heterocycles. The van der Waals surface area contributed by atoms with Gasteiger partial charge in [0.25, 0.3) is 0 Å². The third-order valence-corrected chi connectivity index (χ3v) is 7.56. The van der Waals surface area contributed by atoms with Gasteiger partial charge >= 0.3 is 0 Å². The van der Waals surface area contributed by atoms with Crippen molar-refractivity contribution in [2.45, 2.75) is 63.5 Å². The topological polar surface area (TPSA) is 41.1 Å². The highest BCUT2D eigenvalue weighted by Gasteiger charge is 2.50. The molecule has 1 heterocycles. The quantitative estimate of drug-likeness (QED) is 0.819. The van der Waals surface area contributed by atoms with Crippen molar-refractivity contribution in [3.63, 3.8) is 0 Å². The first kappa shape index (κ1) is 12.9. The van der Waals surface area contributed by atoms with Gasteiger partial charge in [-0.15, -0.1) is 0 Å². The number of carbonyl (C=O) groups excluding carboxylic acids is 1. The average Bonchev–Trinajstić information content (AvgIpc) is 3.04. The van der Waals surface area contributed by atoms with E-state index in [1.807, 2.05) is 0 Å². The molecule has 1 aliphatic heterocycles. The van der Waals surface area contributed by atoms with E-state index in [-0.39, 0.29) is 6.04 Å². The number of amides is 1. The number of nitrogens with one attached hydrogen (secondary N) is 2. The Morgan fingerprint density at radius 3 is 2.33 bits per heavy atom. The summed E-state index contributed by atoms with van der Waals surface area (Å²) in [6.45, 7) is 1.07. The SMILES string of the molecule is O=C(NC1C2CC3CC(C2)CC1C3)C1NCC2CCCC21. The van der Waals surface area contributed by atoms with Gasteiger partial charge in [-0.1, -0.05) is 6.42 Å². The number of fused-ring (bicyclic) bond motifs is 1. The van der Waals surface area contributed by atoms with Gasteiger partial charge in [0.1, 0.15) is 0 Å². The maximum atomic E-state index is 12.8. The van der Waals surface area contributed by atoms with E-state index in [9.17, 15) is 4.79 Å². The molecule has 5 saturated carbocycles. The van der Waals surface area contributed by atoms with E-state index in [0.29, 0.717) is 17.9 Å². The molecule has 6 rings (SSSR count). The minimum atomic E-state index is 0.120. The van der Waals surface area contributed by atoms with Crippen LogP contribution in [0.1, 0.15) is 51.4 Å². The maximum absolute atomic E-state index is 12.8. The molecule has 0 aromatic heterocycles. The Kier molecular flexibility index (Phi) is 2.90. The number of rotatable bonds is 2. The van der Waals surface area contributed by atoms with Crippen LogP contribution in [-0.2, 0) is 4.79 Å². The highest BCUT2D eigenvalue weighted by atomic mass is 16.2.